The summed E-state index contributed by atoms with van der Waals surface area (Å²) < 4.78 is 5.96. The molecule has 0 aromatic heterocycles. The van der Waals surface area contributed by atoms with Gasteiger partial charge in [0.2, 0.25) is 11.8 Å². The van der Waals surface area contributed by atoms with Crippen LogP contribution in [0.1, 0.15) is 49.5 Å². The summed E-state index contributed by atoms with van der Waals surface area (Å²) in [6.07, 6.45) is 0.726. The van der Waals surface area contributed by atoms with Gasteiger partial charge < -0.3 is 14.5 Å². The maximum absolute atomic E-state index is 13.3. The second-order valence-electron chi connectivity index (χ2n) is 8.88. The number of benzene rings is 1. The van der Waals surface area contributed by atoms with Crippen LogP contribution in [0, 0.1) is 5.41 Å². The van der Waals surface area contributed by atoms with Gasteiger partial charge >= 0.3 is 0 Å². The van der Waals surface area contributed by atoms with Gasteiger partial charge in [-0.1, -0.05) is 32.9 Å². The molecular formula is C21H27N3O4. The lowest BCUT2D eigenvalue weighted by atomic mass is 9.88. The number of hydrogen-bond acceptors (Lipinski definition) is 5. The van der Waals surface area contributed by atoms with Crippen LogP contribution in [-0.2, 0) is 20.9 Å². The van der Waals surface area contributed by atoms with Crippen LogP contribution >= 0.6 is 0 Å². The molecule has 7 nitrogen and oxygen atoms in total. The van der Waals surface area contributed by atoms with E-state index in [9.17, 15) is 14.4 Å². The summed E-state index contributed by atoms with van der Waals surface area (Å²) in [5.74, 6) is -0.773. The minimum absolute atomic E-state index is 0.0133. The highest BCUT2D eigenvalue weighted by atomic mass is 16.5. The predicted molar refractivity (Wildman–Crippen MR) is 104 cm³/mol. The third-order valence-corrected chi connectivity index (χ3v) is 5.90. The van der Waals surface area contributed by atoms with E-state index in [1.54, 1.807) is 4.90 Å². The number of carbonyl (C=O) groups is 3. The van der Waals surface area contributed by atoms with Crippen LogP contribution in [0.5, 0.6) is 0 Å². The third-order valence-electron chi connectivity index (χ3n) is 5.90. The zero-order valence-corrected chi connectivity index (χ0v) is 16.7. The highest BCUT2D eigenvalue weighted by Gasteiger charge is 2.41. The molecule has 1 aromatic rings. The molecule has 7 heteroatoms. The van der Waals surface area contributed by atoms with E-state index in [0.717, 1.165) is 24.3 Å². The van der Waals surface area contributed by atoms with Gasteiger partial charge in [0, 0.05) is 26.1 Å². The topological polar surface area (TPSA) is 79.0 Å². The Labute approximate surface area is 165 Å². The zero-order chi connectivity index (χ0) is 20.1. The van der Waals surface area contributed by atoms with E-state index in [4.69, 9.17) is 4.74 Å². The number of nitrogens with one attached hydrogen (secondary N) is 1. The Morgan fingerprint density at radius 1 is 1.18 bits per heavy atom. The van der Waals surface area contributed by atoms with E-state index in [2.05, 4.69) is 31.0 Å². The maximum atomic E-state index is 13.3. The van der Waals surface area contributed by atoms with Crippen LogP contribution in [-0.4, -0.2) is 54.5 Å². The summed E-state index contributed by atoms with van der Waals surface area (Å²) in [4.78, 5) is 40.8. The van der Waals surface area contributed by atoms with Gasteiger partial charge in [-0.15, -0.1) is 0 Å². The van der Waals surface area contributed by atoms with Crippen LogP contribution in [0.25, 0.3) is 0 Å². The van der Waals surface area contributed by atoms with Crippen molar-refractivity contribution in [2.24, 2.45) is 5.41 Å². The normalized spacial score (nSPS) is 25.8. The Morgan fingerprint density at radius 3 is 2.68 bits per heavy atom. The summed E-state index contributed by atoms with van der Waals surface area (Å²) in [6.45, 7) is 8.96. The molecule has 2 saturated heterocycles. The predicted octanol–water partition coefficient (Wildman–Crippen LogP) is 1.70. The number of morpholine rings is 1. The van der Waals surface area contributed by atoms with Gasteiger partial charge in [0.1, 0.15) is 6.04 Å². The van der Waals surface area contributed by atoms with Gasteiger partial charge in [-0.05, 0) is 23.5 Å². The highest BCUT2D eigenvalue weighted by Crippen LogP contribution is 2.36. The molecule has 150 valence electrons. The first-order valence-corrected chi connectivity index (χ1v) is 9.89. The molecule has 28 heavy (non-hydrogen) atoms. The quantitative estimate of drug-likeness (QED) is 0.784. The Hall–Kier alpha value is -2.41. The number of imide groups is 1. The van der Waals surface area contributed by atoms with Gasteiger partial charge in [-0.2, -0.15) is 0 Å². The van der Waals surface area contributed by atoms with Crippen molar-refractivity contribution < 1.29 is 19.1 Å². The Kier molecular flexibility index (Phi) is 4.65. The molecule has 0 aliphatic carbocycles. The van der Waals surface area contributed by atoms with Gasteiger partial charge in [0.15, 0.2) is 0 Å². The molecule has 3 amide bonds. The molecule has 0 bridgehead atoms. The molecule has 0 radical (unpaired) electrons. The summed E-state index contributed by atoms with van der Waals surface area (Å²) in [7, 11) is 0. The molecule has 0 spiro atoms. The molecule has 3 aliphatic heterocycles. The van der Waals surface area contributed by atoms with E-state index >= 15 is 0 Å². The number of fused-ring (bicyclic) bond motifs is 1. The molecule has 0 saturated carbocycles. The van der Waals surface area contributed by atoms with Crippen LogP contribution in [0.2, 0.25) is 0 Å². The van der Waals surface area contributed by atoms with Crippen molar-refractivity contribution in [3.63, 3.8) is 0 Å². The number of rotatable bonds is 2. The Balaban J connectivity index is 1.60. The number of nitrogens with zero attached hydrogens (tertiary/aromatic N) is 2. The molecular weight excluding hydrogens is 358 g/mol. The van der Waals surface area contributed by atoms with E-state index in [0.29, 0.717) is 25.1 Å². The maximum Gasteiger partial charge on any atom is 0.257 e. The second-order valence-corrected chi connectivity index (χ2v) is 8.88. The molecule has 1 aromatic carbocycles. The number of ether oxygens (including phenoxy) is 1. The van der Waals surface area contributed by atoms with Crippen LogP contribution in [0.3, 0.4) is 0 Å². The zero-order valence-electron chi connectivity index (χ0n) is 16.7. The van der Waals surface area contributed by atoms with Crippen molar-refractivity contribution in [3.8, 4) is 0 Å². The van der Waals surface area contributed by atoms with E-state index in [1.165, 1.54) is 0 Å². The van der Waals surface area contributed by atoms with Gasteiger partial charge in [-0.25, -0.2) is 0 Å². The lowest BCUT2D eigenvalue weighted by molar-refractivity contribution is -0.136. The standard InChI is InChI=1S/C21H27N3O4/c1-21(2,3)16-12-23(9-10-28-16)14-6-4-5-13-11-24(20(27)18(13)14)15-7-8-17(25)22-19(15)26/h4-6,15-16H,7-12H2,1-3H3,(H,22,25,26). The van der Waals surface area contributed by atoms with Crippen LogP contribution < -0.4 is 10.2 Å². The lowest BCUT2D eigenvalue weighted by Crippen LogP contribution is -2.52. The number of carbonyl (C=O) groups excluding carboxylic acids is 3. The Morgan fingerprint density at radius 2 is 1.96 bits per heavy atom. The first-order valence-electron chi connectivity index (χ1n) is 9.89. The summed E-state index contributed by atoms with van der Waals surface area (Å²) in [5, 5.41) is 2.36. The fourth-order valence-corrected chi connectivity index (χ4v) is 4.25. The third kappa shape index (κ3) is 3.28. The molecule has 2 unspecified atom stereocenters. The molecule has 2 fully saturated rings. The molecule has 2 atom stereocenters. The summed E-state index contributed by atoms with van der Waals surface area (Å²) >= 11 is 0. The number of anilines is 1. The first-order chi connectivity index (χ1) is 13.3. The number of hydrogen-bond donors (Lipinski definition) is 1. The largest absolute Gasteiger partial charge is 0.374 e. The van der Waals surface area contributed by atoms with Crippen molar-refractivity contribution in [1.82, 2.24) is 10.2 Å². The lowest BCUT2D eigenvalue weighted by Gasteiger charge is -2.41. The van der Waals surface area contributed by atoms with Crippen molar-refractivity contribution in [2.45, 2.75) is 52.3 Å². The monoisotopic (exact) mass is 385 g/mol. The van der Waals surface area contributed by atoms with Crippen molar-refractivity contribution >= 4 is 23.4 Å². The van der Waals surface area contributed by atoms with Crippen LogP contribution in [0.4, 0.5) is 5.69 Å². The molecule has 4 rings (SSSR count). The smallest absolute Gasteiger partial charge is 0.257 e. The highest BCUT2D eigenvalue weighted by molar-refractivity contribution is 6.08. The molecule has 3 aliphatic rings. The average Bonchev–Trinajstić information content (AvgIpc) is 2.98. The number of amides is 3. The van der Waals surface area contributed by atoms with Crippen molar-refractivity contribution in [2.75, 3.05) is 24.6 Å². The first kappa shape index (κ1) is 18.9. The summed E-state index contributed by atoms with van der Waals surface area (Å²) in [6, 6.07) is 5.31. The summed E-state index contributed by atoms with van der Waals surface area (Å²) in [5.41, 5.74) is 2.54. The fraction of sp³-hybridized carbons (Fsp3) is 0.571. The SMILES string of the molecule is CC(C)(C)C1CN(c2cccc3c2C(=O)N(C2CCC(=O)NC2=O)C3)CCO1. The minimum Gasteiger partial charge on any atom is -0.374 e. The van der Waals surface area contributed by atoms with Crippen molar-refractivity contribution in [1.29, 1.82) is 0 Å². The average molecular weight is 385 g/mol. The van der Waals surface area contributed by atoms with Crippen molar-refractivity contribution in [3.05, 3.63) is 29.3 Å². The second kappa shape index (κ2) is 6.88. The van der Waals surface area contributed by atoms with E-state index in [-0.39, 0.29) is 35.7 Å². The van der Waals surface area contributed by atoms with Gasteiger partial charge in [-0.3, -0.25) is 19.7 Å². The number of piperidine rings is 1. The van der Waals surface area contributed by atoms with E-state index < -0.39 is 6.04 Å². The van der Waals surface area contributed by atoms with E-state index in [1.807, 2.05) is 18.2 Å². The van der Waals surface area contributed by atoms with Gasteiger partial charge in [0.25, 0.3) is 5.91 Å². The van der Waals surface area contributed by atoms with Crippen LogP contribution in [0.15, 0.2) is 18.2 Å². The Bertz CT molecular complexity index is 829. The molecule has 1 N–H and O–H groups in total. The minimum atomic E-state index is -0.586. The molecule has 3 heterocycles. The fourth-order valence-electron chi connectivity index (χ4n) is 4.25. The van der Waals surface area contributed by atoms with Gasteiger partial charge in [0.05, 0.1) is 24.0 Å².